The molecule has 0 radical (unpaired) electrons. The number of carbonyl (C=O) groups excluding carboxylic acids is 1. The van der Waals surface area contributed by atoms with Crippen LogP contribution >= 0.6 is 11.3 Å². The Morgan fingerprint density at radius 1 is 1.30 bits per heavy atom. The van der Waals surface area contributed by atoms with Gasteiger partial charge in [0.1, 0.15) is 0 Å². The maximum atomic E-state index is 12.0. The summed E-state index contributed by atoms with van der Waals surface area (Å²) in [5, 5.41) is 1.91. The molecule has 2 heterocycles. The Bertz CT molecular complexity index is 778. The number of aliphatic imine (C=N–C) groups is 1. The lowest BCUT2D eigenvalue weighted by Gasteiger charge is -2.09. The number of carbonyl (C=O) groups is 1. The molecule has 0 saturated carbocycles. The number of hydrogen-bond donors (Lipinski definition) is 0. The molecule has 2 aromatic rings. The lowest BCUT2D eigenvalue weighted by Crippen LogP contribution is -2.03. The van der Waals surface area contributed by atoms with E-state index < -0.39 is 5.97 Å². The molecule has 1 aromatic heterocycles. The van der Waals surface area contributed by atoms with Crippen LogP contribution in [-0.2, 0) is 9.53 Å². The highest BCUT2D eigenvalue weighted by atomic mass is 32.1. The molecule has 0 amide bonds. The van der Waals surface area contributed by atoms with E-state index >= 15 is 0 Å². The molecule has 0 unspecified atom stereocenters. The van der Waals surface area contributed by atoms with Gasteiger partial charge < -0.3 is 14.2 Å². The van der Waals surface area contributed by atoms with Crippen LogP contribution in [0.15, 0.2) is 46.4 Å². The molecule has 0 fully saturated rings. The van der Waals surface area contributed by atoms with Crippen molar-refractivity contribution in [1.82, 2.24) is 0 Å². The van der Waals surface area contributed by atoms with Crippen LogP contribution in [0.2, 0.25) is 0 Å². The highest BCUT2D eigenvalue weighted by molar-refractivity contribution is 7.12. The average molecular weight is 329 g/mol. The Labute approximate surface area is 137 Å². The van der Waals surface area contributed by atoms with Gasteiger partial charge in [-0.25, -0.2) is 9.79 Å². The second-order valence-electron chi connectivity index (χ2n) is 4.66. The number of rotatable bonds is 5. The molecule has 0 spiro atoms. The average Bonchev–Trinajstić information content (AvgIpc) is 3.19. The Morgan fingerprint density at radius 2 is 2.17 bits per heavy atom. The fraction of sp³-hybridized carbons (Fsp3) is 0.176. The molecular weight excluding hydrogens is 314 g/mol. The molecule has 23 heavy (non-hydrogen) atoms. The summed E-state index contributed by atoms with van der Waals surface area (Å²) in [7, 11) is 1.59. The van der Waals surface area contributed by atoms with Gasteiger partial charge in [-0.1, -0.05) is 12.1 Å². The molecule has 0 bridgehead atoms. The normalized spacial score (nSPS) is 15.5. The summed E-state index contributed by atoms with van der Waals surface area (Å²) < 4.78 is 16.0. The molecule has 0 saturated heterocycles. The number of benzene rings is 1. The van der Waals surface area contributed by atoms with E-state index in [-0.39, 0.29) is 5.70 Å². The minimum Gasteiger partial charge on any atom is -0.493 e. The quantitative estimate of drug-likeness (QED) is 0.622. The Kier molecular flexibility index (Phi) is 4.43. The zero-order valence-electron chi connectivity index (χ0n) is 12.7. The van der Waals surface area contributed by atoms with Gasteiger partial charge in [-0.3, -0.25) is 0 Å². The predicted molar refractivity (Wildman–Crippen MR) is 89.1 cm³/mol. The number of hydrogen-bond acceptors (Lipinski definition) is 6. The van der Waals surface area contributed by atoms with E-state index in [1.165, 1.54) is 11.3 Å². The SMILES string of the molecule is CCOc1cc(/C=C2\N=C(c3cccs3)OC2=O)ccc1OC. The van der Waals surface area contributed by atoms with Crippen molar-refractivity contribution in [3.05, 3.63) is 51.8 Å². The van der Waals surface area contributed by atoms with E-state index in [9.17, 15) is 4.79 Å². The van der Waals surface area contributed by atoms with Gasteiger partial charge in [-0.2, -0.15) is 0 Å². The van der Waals surface area contributed by atoms with Gasteiger partial charge >= 0.3 is 5.97 Å². The number of thiophene rings is 1. The van der Waals surface area contributed by atoms with Gasteiger partial charge in [0.25, 0.3) is 0 Å². The van der Waals surface area contributed by atoms with Crippen LogP contribution in [0.5, 0.6) is 11.5 Å². The summed E-state index contributed by atoms with van der Waals surface area (Å²) in [6.07, 6.45) is 1.67. The number of methoxy groups -OCH3 is 1. The summed E-state index contributed by atoms with van der Waals surface area (Å²) in [5.74, 6) is 1.15. The Balaban J connectivity index is 1.92. The van der Waals surface area contributed by atoms with E-state index in [4.69, 9.17) is 14.2 Å². The summed E-state index contributed by atoms with van der Waals surface area (Å²) in [4.78, 5) is 17.1. The van der Waals surface area contributed by atoms with Gasteiger partial charge in [-0.05, 0) is 42.1 Å². The monoisotopic (exact) mass is 329 g/mol. The van der Waals surface area contributed by atoms with Crippen molar-refractivity contribution in [3.8, 4) is 11.5 Å². The standard InChI is InChI=1S/C17H15NO4S/c1-3-21-14-10-11(6-7-13(14)20-2)9-12-17(19)22-16(18-12)15-5-4-8-23-15/h4-10H,3H2,1-2H3/b12-9-. The molecule has 3 rings (SSSR count). The van der Waals surface area contributed by atoms with Crippen molar-refractivity contribution in [2.45, 2.75) is 6.92 Å². The molecule has 5 nitrogen and oxygen atoms in total. The second-order valence-corrected chi connectivity index (χ2v) is 5.60. The first-order chi connectivity index (χ1) is 11.2. The number of cyclic esters (lactones) is 1. The molecule has 1 aliphatic rings. The summed E-state index contributed by atoms with van der Waals surface area (Å²) in [6.45, 7) is 2.43. The smallest absolute Gasteiger partial charge is 0.363 e. The Morgan fingerprint density at radius 3 is 2.87 bits per heavy atom. The van der Waals surface area contributed by atoms with Gasteiger partial charge in [-0.15, -0.1) is 11.3 Å². The Hall–Kier alpha value is -2.60. The topological polar surface area (TPSA) is 57.1 Å². The molecule has 0 aliphatic carbocycles. The molecule has 1 aromatic carbocycles. The van der Waals surface area contributed by atoms with Crippen LogP contribution in [0.4, 0.5) is 0 Å². The fourth-order valence-corrected chi connectivity index (χ4v) is 2.77. The fourth-order valence-electron chi connectivity index (χ4n) is 2.12. The lowest BCUT2D eigenvalue weighted by molar-refractivity contribution is -0.129. The zero-order chi connectivity index (χ0) is 16.2. The van der Waals surface area contributed by atoms with Gasteiger partial charge in [0.2, 0.25) is 5.90 Å². The van der Waals surface area contributed by atoms with E-state index in [1.54, 1.807) is 25.3 Å². The van der Waals surface area contributed by atoms with Gasteiger partial charge in [0.05, 0.1) is 18.6 Å². The third kappa shape index (κ3) is 3.27. The van der Waals surface area contributed by atoms with Crippen LogP contribution < -0.4 is 9.47 Å². The maximum absolute atomic E-state index is 12.0. The van der Waals surface area contributed by atoms with Gasteiger partial charge in [0, 0.05) is 0 Å². The van der Waals surface area contributed by atoms with Gasteiger partial charge in [0.15, 0.2) is 17.2 Å². The van der Waals surface area contributed by atoms with Crippen molar-refractivity contribution in [1.29, 1.82) is 0 Å². The summed E-state index contributed by atoms with van der Waals surface area (Å²) >= 11 is 1.47. The molecule has 6 heteroatoms. The molecule has 1 aliphatic heterocycles. The first kappa shape index (κ1) is 15.3. The van der Waals surface area contributed by atoms with Crippen LogP contribution in [0.1, 0.15) is 17.4 Å². The van der Waals surface area contributed by atoms with E-state index in [0.717, 1.165) is 10.4 Å². The second kappa shape index (κ2) is 6.66. The lowest BCUT2D eigenvalue weighted by atomic mass is 10.1. The third-order valence-electron chi connectivity index (χ3n) is 3.14. The van der Waals surface area contributed by atoms with Crippen molar-refractivity contribution < 1.29 is 19.0 Å². The molecule has 0 atom stereocenters. The van der Waals surface area contributed by atoms with Crippen LogP contribution in [0.25, 0.3) is 6.08 Å². The van der Waals surface area contributed by atoms with Crippen molar-refractivity contribution >= 4 is 29.3 Å². The van der Waals surface area contributed by atoms with E-state index in [2.05, 4.69) is 4.99 Å². The zero-order valence-corrected chi connectivity index (χ0v) is 13.6. The molecule has 118 valence electrons. The molecule has 0 N–H and O–H groups in total. The number of ether oxygens (including phenoxy) is 3. The van der Waals surface area contributed by atoms with Crippen molar-refractivity contribution in [2.75, 3.05) is 13.7 Å². The summed E-state index contributed by atoms with van der Waals surface area (Å²) in [5.41, 5.74) is 1.05. The van der Waals surface area contributed by atoms with Crippen molar-refractivity contribution in [3.63, 3.8) is 0 Å². The highest BCUT2D eigenvalue weighted by Crippen LogP contribution is 2.30. The van der Waals surface area contributed by atoms with Crippen molar-refractivity contribution in [2.24, 2.45) is 4.99 Å². The van der Waals surface area contributed by atoms with E-state index in [0.29, 0.717) is 24.0 Å². The first-order valence-corrected chi connectivity index (χ1v) is 7.96. The minimum absolute atomic E-state index is 0.265. The highest BCUT2D eigenvalue weighted by Gasteiger charge is 2.24. The van der Waals surface area contributed by atoms with Crippen LogP contribution in [-0.4, -0.2) is 25.6 Å². The number of nitrogens with zero attached hydrogens (tertiary/aromatic N) is 1. The first-order valence-electron chi connectivity index (χ1n) is 7.08. The maximum Gasteiger partial charge on any atom is 0.363 e. The van der Waals surface area contributed by atoms with E-state index in [1.807, 2.05) is 30.5 Å². The molecular formula is C17H15NO4S. The largest absolute Gasteiger partial charge is 0.493 e. The minimum atomic E-state index is -0.456. The number of esters is 1. The summed E-state index contributed by atoms with van der Waals surface area (Å²) in [6, 6.07) is 9.18. The van der Waals surface area contributed by atoms with Crippen LogP contribution in [0.3, 0.4) is 0 Å². The third-order valence-corrected chi connectivity index (χ3v) is 4.00. The van der Waals surface area contributed by atoms with Crippen LogP contribution in [0, 0.1) is 0 Å². The predicted octanol–water partition coefficient (Wildman–Crippen LogP) is 3.50.